The Bertz CT molecular complexity index is 349. The summed E-state index contributed by atoms with van der Waals surface area (Å²) in [5.74, 6) is -0.130. The van der Waals surface area contributed by atoms with E-state index in [9.17, 15) is 4.39 Å². The fraction of sp³-hybridized carbons (Fsp3) is 0.625. The average Bonchev–Trinajstić information content (AvgIpc) is 2.37. The molecule has 1 nitrogen and oxygen atoms in total. The van der Waals surface area contributed by atoms with Crippen molar-refractivity contribution in [3.8, 4) is 0 Å². The van der Waals surface area contributed by atoms with Crippen molar-refractivity contribution in [2.24, 2.45) is 0 Å². The summed E-state index contributed by atoms with van der Waals surface area (Å²) in [7, 11) is 0. The predicted octanol–water partition coefficient (Wildman–Crippen LogP) is 4.76. The van der Waals surface area contributed by atoms with Crippen LogP contribution in [0.15, 0.2) is 18.2 Å². The maximum atomic E-state index is 13.4. The summed E-state index contributed by atoms with van der Waals surface area (Å²) < 4.78 is 13.4. The Kier molecular flexibility index (Phi) is 6.96. The number of hydrogen-bond acceptors (Lipinski definition) is 1. The van der Waals surface area contributed by atoms with Gasteiger partial charge in [0.2, 0.25) is 0 Å². The Morgan fingerprint density at radius 3 is 2.61 bits per heavy atom. The van der Waals surface area contributed by atoms with Crippen molar-refractivity contribution in [3.05, 3.63) is 35.1 Å². The Balaban J connectivity index is 2.75. The van der Waals surface area contributed by atoms with Crippen LogP contribution in [0.25, 0.3) is 0 Å². The topological polar surface area (TPSA) is 12.0 Å². The van der Waals surface area contributed by atoms with Crippen molar-refractivity contribution in [3.63, 3.8) is 0 Å². The van der Waals surface area contributed by atoms with Crippen molar-refractivity contribution in [1.82, 2.24) is 5.32 Å². The monoisotopic (exact) mass is 251 g/mol. The zero-order valence-corrected chi connectivity index (χ0v) is 11.9. The molecule has 0 fully saturated rings. The lowest BCUT2D eigenvalue weighted by Gasteiger charge is -2.21. The third kappa shape index (κ3) is 4.77. The van der Waals surface area contributed by atoms with Crippen LogP contribution in [0, 0.1) is 12.7 Å². The minimum absolute atomic E-state index is 0.130. The fourth-order valence-electron chi connectivity index (χ4n) is 2.27. The molecule has 0 saturated carbocycles. The lowest BCUT2D eigenvalue weighted by molar-refractivity contribution is 0.470. The quantitative estimate of drug-likeness (QED) is 0.657. The van der Waals surface area contributed by atoms with E-state index in [0.29, 0.717) is 6.04 Å². The molecule has 1 atom stereocenters. The number of aryl methyl sites for hydroxylation is 1. The van der Waals surface area contributed by atoms with E-state index in [2.05, 4.69) is 26.1 Å². The van der Waals surface area contributed by atoms with E-state index in [1.807, 2.05) is 6.07 Å². The molecule has 0 amide bonds. The number of nitrogens with one attached hydrogen (secondary N) is 1. The first-order chi connectivity index (χ1) is 8.69. The van der Waals surface area contributed by atoms with Gasteiger partial charge in [-0.15, -0.1) is 0 Å². The van der Waals surface area contributed by atoms with Crippen LogP contribution in [0.3, 0.4) is 0 Å². The van der Waals surface area contributed by atoms with Gasteiger partial charge in [0.05, 0.1) is 0 Å². The van der Waals surface area contributed by atoms with E-state index < -0.39 is 0 Å². The van der Waals surface area contributed by atoms with Gasteiger partial charge in [-0.3, -0.25) is 0 Å². The van der Waals surface area contributed by atoms with Crippen molar-refractivity contribution in [2.45, 2.75) is 58.9 Å². The van der Waals surface area contributed by atoms with Gasteiger partial charge in [-0.2, -0.15) is 0 Å². The van der Waals surface area contributed by atoms with Crippen LogP contribution < -0.4 is 5.32 Å². The smallest absolute Gasteiger partial charge is 0.123 e. The fourth-order valence-corrected chi connectivity index (χ4v) is 2.27. The largest absolute Gasteiger partial charge is 0.310 e. The highest BCUT2D eigenvalue weighted by Gasteiger charge is 2.13. The van der Waals surface area contributed by atoms with Crippen LogP contribution >= 0.6 is 0 Å². The molecule has 18 heavy (non-hydrogen) atoms. The third-order valence-corrected chi connectivity index (χ3v) is 3.35. The van der Waals surface area contributed by atoms with Crippen LogP contribution in [0.1, 0.15) is 63.1 Å². The van der Waals surface area contributed by atoms with E-state index in [-0.39, 0.29) is 5.82 Å². The zero-order valence-electron chi connectivity index (χ0n) is 11.9. The Labute approximate surface area is 111 Å². The first-order valence-corrected chi connectivity index (χ1v) is 7.18. The standard InChI is InChI=1S/C16H26FN/c1-4-6-7-8-16(18-11-5-2)15-12-14(17)10-9-13(15)3/h9-10,12,16,18H,4-8,11H2,1-3H3. The molecule has 0 spiro atoms. The van der Waals surface area contributed by atoms with E-state index >= 15 is 0 Å². The SMILES string of the molecule is CCCCCC(NCCC)c1cc(F)ccc1C. The molecule has 2 heteroatoms. The molecule has 102 valence electrons. The lowest BCUT2D eigenvalue weighted by atomic mass is 9.96. The van der Waals surface area contributed by atoms with E-state index in [0.717, 1.165) is 24.9 Å². The Morgan fingerprint density at radius 2 is 1.94 bits per heavy atom. The summed E-state index contributed by atoms with van der Waals surface area (Å²) in [6, 6.07) is 5.41. The minimum Gasteiger partial charge on any atom is -0.310 e. The molecule has 0 heterocycles. The Hall–Kier alpha value is -0.890. The summed E-state index contributed by atoms with van der Waals surface area (Å²) in [4.78, 5) is 0. The average molecular weight is 251 g/mol. The van der Waals surface area contributed by atoms with E-state index in [1.165, 1.54) is 24.8 Å². The molecular formula is C16H26FN. The highest BCUT2D eigenvalue weighted by atomic mass is 19.1. The normalized spacial score (nSPS) is 12.7. The van der Waals surface area contributed by atoms with Crippen LogP contribution in [-0.4, -0.2) is 6.54 Å². The van der Waals surface area contributed by atoms with Crippen LogP contribution in [0.5, 0.6) is 0 Å². The molecule has 0 aromatic heterocycles. The van der Waals surface area contributed by atoms with Gasteiger partial charge in [0.1, 0.15) is 5.82 Å². The van der Waals surface area contributed by atoms with Gasteiger partial charge >= 0.3 is 0 Å². The number of halogens is 1. The number of hydrogen-bond donors (Lipinski definition) is 1. The second-order valence-electron chi connectivity index (χ2n) is 5.00. The summed E-state index contributed by atoms with van der Waals surface area (Å²) in [6.07, 6.45) is 5.88. The molecule has 0 aliphatic heterocycles. The molecule has 0 bridgehead atoms. The van der Waals surface area contributed by atoms with Gasteiger partial charge in [-0.25, -0.2) is 4.39 Å². The molecule has 1 aromatic carbocycles. The molecule has 0 radical (unpaired) electrons. The Morgan fingerprint density at radius 1 is 1.17 bits per heavy atom. The summed E-state index contributed by atoms with van der Waals surface area (Å²) >= 11 is 0. The highest BCUT2D eigenvalue weighted by molar-refractivity contribution is 5.29. The molecular weight excluding hydrogens is 225 g/mol. The molecule has 0 aliphatic rings. The number of benzene rings is 1. The first-order valence-electron chi connectivity index (χ1n) is 7.18. The maximum Gasteiger partial charge on any atom is 0.123 e. The van der Waals surface area contributed by atoms with Gasteiger partial charge in [0, 0.05) is 6.04 Å². The number of rotatable bonds is 8. The molecule has 1 rings (SSSR count). The van der Waals surface area contributed by atoms with Gasteiger partial charge in [0.15, 0.2) is 0 Å². The molecule has 1 aromatic rings. The van der Waals surface area contributed by atoms with Gasteiger partial charge < -0.3 is 5.32 Å². The first kappa shape index (κ1) is 15.2. The number of unbranched alkanes of at least 4 members (excludes halogenated alkanes) is 2. The molecule has 1 N–H and O–H groups in total. The third-order valence-electron chi connectivity index (χ3n) is 3.35. The van der Waals surface area contributed by atoms with E-state index in [4.69, 9.17) is 0 Å². The van der Waals surface area contributed by atoms with Crippen LogP contribution in [0.2, 0.25) is 0 Å². The minimum atomic E-state index is -0.130. The van der Waals surface area contributed by atoms with Gasteiger partial charge in [-0.05, 0) is 49.6 Å². The van der Waals surface area contributed by atoms with Crippen LogP contribution in [-0.2, 0) is 0 Å². The van der Waals surface area contributed by atoms with Crippen molar-refractivity contribution in [1.29, 1.82) is 0 Å². The van der Waals surface area contributed by atoms with Crippen molar-refractivity contribution in [2.75, 3.05) is 6.54 Å². The maximum absolute atomic E-state index is 13.4. The predicted molar refractivity (Wildman–Crippen MR) is 76.3 cm³/mol. The molecule has 0 saturated heterocycles. The highest BCUT2D eigenvalue weighted by Crippen LogP contribution is 2.24. The van der Waals surface area contributed by atoms with Crippen LogP contribution in [0.4, 0.5) is 4.39 Å². The summed E-state index contributed by atoms with van der Waals surface area (Å²) in [5.41, 5.74) is 2.31. The second kappa shape index (κ2) is 8.25. The van der Waals surface area contributed by atoms with Gasteiger partial charge in [-0.1, -0.05) is 39.2 Å². The van der Waals surface area contributed by atoms with E-state index in [1.54, 1.807) is 12.1 Å². The second-order valence-corrected chi connectivity index (χ2v) is 5.00. The van der Waals surface area contributed by atoms with Gasteiger partial charge in [0.25, 0.3) is 0 Å². The molecule has 1 unspecified atom stereocenters. The zero-order chi connectivity index (χ0) is 13.4. The van der Waals surface area contributed by atoms with Crippen molar-refractivity contribution >= 4 is 0 Å². The molecule has 0 aliphatic carbocycles. The van der Waals surface area contributed by atoms with Crippen molar-refractivity contribution < 1.29 is 4.39 Å². The lowest BCUT2D eigenvalue weighted by Crippen LogP contribution is -2.23. The summed E-state index contributed by atoms with van der Waals surface area (Å²) in [6.45, 7) is 7.43. The summed E-state index contributed by atoms with van der Waals surface area (Å²) in [5, 5.41) is 3.55.